The van der Waals surface area contributed by atoms with Gasteiger partial charge in [0.15, 0.2) is 5.82 Å². The standard InChI is InChI=1S/C16H21F3N4O2/c1-4-12(20)15(24)21-14-11-6-5-10(25-9(2)3)7-13(11)23(22-14)8-16(17,18)19/h5-7,9,12H,4,8,20H2,1-3H3,(H,21,22,24)/t12-/m0/s1. The number of benzene rings is 1. The predicted molar refractivity (Wildman–Crippen MR) is 88.4 cm³/mol. The van der Waals surface area contributed by atoms with E-state index < -0.39 is 24.7 Å². The third kappa shape index (κ3) is 4.85. The summed E-state index contributed by atoms with van der Waals surface area (Å²) < 4.78 is 44.8. The Kier molecular flexibility index (Phi) is 5.56. The molecule has 25 heavy (non-hydrogen) atoms. The molecule has 9 heteroatoms. The second-order valence-corrected chi connectivity index (χ2v) is 5.97. The molecule has 0 radical (unpaired) electrons. The van der Waals surface area contributed by atoms with Gasteiger partial charge in [0.05, 0.1) is 17.7 Å². The minimum absolute atomic E-state index is 0.0456. The van der Waals surface area contributed by atoms with Gasteiger partial charge in [0.2, 0.25) is 5.91 Å². The Morgan fingerprint density at radius 3 is 2.64 bits per heavy atom. The first kappa shape index (κ1) is 19.0. The van der Waals surface area contributed by atoms with Gasteiger partial charge >= 0.3 is 6.18 Å². The smallest absolute Gasteiger partial charge is 0.408 e. The van der Waals surface area contributed by atoms with Crippen molar-refractivity contribution < 1.29 is 22.7 Å². The predicted octanol–water partition coefficient (Wildman–Crippen LogP) is 3.06. The first-order valence-electron chi connectivity index (χ1n) is 7.91. The van der Waals surface area contributed by atoms with E-state index in [-0.39, 0.29) is 17.4 Å². The van der Waals surface area contributed by atoms with Crippen molar-refractivity contribution in [3.63, 3.8) is 0 Å². The quantitative estimate of drug-likeness (QED) is 0.831. The van der Waals surface area contributed by atoms with Crippen LogP contribution in [-0.4, -0.2) is 34.0 Å². The van der Waals surface area contributed by atoms with Gasteiger partial charge < -0.3 is 15.8 Å². The molecule has 0 unspecified atom stereocenters. The Labute approximate surface area is 143 Å². The third-order valence-corrected chi connectivity index (χ3v) is 3.44. The van der Waals surface area contributed by atoms with Crippen LogP contribution in [0.5, 0.6) is 5.75 Å². The molecule has 0 aliphatic heterocycles. The summed E-state index contributed by atoms with van der Waals surface area (Å²) in [5.41, 5.74) is 5.87. The Hall–Kier alpha value is -2.29. The maximum Gasteiger partial charge on any atom is 0.408 e. The molecule has 0 aliphatic rings. The highest BCUT2D eigenvalue weighted by molar-refractivity contribution is 6.02. The van der Waals surface area contributed by atoms with Crippen molar-refractivity contribution in [1.29, 1.82) is 0 Å². The lowest BCUT2D eigenvalue weighted by Crippen LogP contribution is -2.35. The largest absolute Gasteiger partial charge is 0.491 e. The van der Waals surface area contributed by atoms with Crippen molar-refractivity contribution >= 4 is 22.6 Å². The van der Waals surface area contributed by atoms with Crippen LogP contribution in [0.4, 0.5) is 19.0 Å². The van der Waals surface area contributed by atoms with Crippen molar-refractivity contribution in [1.82, 2.24) is 9.78 Å². The Bertz CT molecular complexity index is 756. The molecule has 2 rings (SSSR count). The molecule has 0 spiro atoms. The van der Waals surface area contributed by atoms with E-state index in [4.69, 9.17) is 10.5 Å². The maximum absolute atomic E-state index is 12.8. The number of carbonyl (C=O) groups excluding carboxylic acids is 1. The second-order valence-electron chi connectivity index (χ2n) is 5.97. The zero-order chi connectivity index (χ0) is 18.8. The van der Waals surface area contributed by atoms with Crippen LogP contribution in [0.3, 0.4) is 0 Å². The van der Waals surface area contributed by atoms with Crippen molar-refractivity contribution in [3.05, 3.63) is 18.2 Å². The van der Waals surface area contributed by atoms with Crippen LogP contribution >= 0.6 is 0 Å². The van der Waals surface area contributed by atoms with Crippen LogP contribution in [0.2, 0.25) is 0 Å². The summed E-state index contributed by atoms with van der Waals surface area (Å²) in [6.45, 7) is 4.09. The number of aromatic nitrogens is 2. The van der Waals surface area contributed by atoms with E-state index in [9.17, 15) is 18.0 Å². The summed E-state index contributed by atoms with van der Waals surface area (Å²) in [4.78, 5) is 12.0. The fourth-order valence-corrected chi connectivity index (χ4v) is 2.28. The zero-order valence-corrected chi connectivity index (χ0v) is 14.2. The average Bonchev–Trinajstić information content (AvgIpc) is 2.81. The van der Waals surface area contributed by atoms with Gasteiger partial charge in [-0.1, -0.05) is 6.92 Å². The van der Waals surface area contributed by atoms with E-state index in [0.29, 0.717) is 17.6 Å². The molecule has 0 aliphatic carbocycles. The van der Waals surface area contributed by atoms with Crippen LogP contribution in [0, 0.1) is 0 Å². The number of fused-ring (bicyclic) bond motifs is 1. The summed E-state index contributed by atoms with van der Waals surface area (Å²) in [6.07, 6.45) is -4.17. The Morgan fingerprint density at radius 2 is 2.08 bits per heavy atom. The average molecular weight is 358 g/mol. The first-order valence-corrected chi connectivity index (χ1v) is 7.91. The number of anilines is 1. The molecule has 138 valence electrons. The molecule has 1 aromatic heterocycles. The van der Waals surface area contributed by atoms with E-state index in [2.05, 4.69) is 10.4 Å². The van der Waals surface area contributed by atoms with Gasteiger partial charge in [0.1, 0.15) is 12.3 Å². The monoisotopic (exact) mass is 358 g/mol. The van der Waals surface area contributed by atoms with E-state index in [0.717, 1.165) is 4.68 Å². The number of alkyl halides is 3. The molecule has 3 N–H and O–H groups in total. The van der Waals surface area contributed by atoms with E-state index in [1.807, 2.05) is 13.8 Å². The summed E-state index contributed by atoms with van der Waals surface area (Å²) in [5, 5.41) is 6.79. The molecule has 1 aromatic carbocycles. The van der Waals surface area contributed by atoms with Gasteiger partial charge in [-0.25, -0.2) is 0 Å². The highest BCUT2D eigenvalue weighted by Crippen LogP contribution is 2.30. The molecule has 0 saturated carbocycles. The number of hydrogen-bond acceptors (Lipinski definition) is 4. The van der Waals surface area contributed by atoms with Crippen molar-refractivity contribution in [3.8, 4) is 5.75 Å². The van der Waals surface area contributed by atoms with Gasteiger partial charge in [-0.15, -0.1) is 0 Å². The summed E-state index contributed by atoms with van der Waals surface area (Å²) in [6, 6.07) is 3.91. The summed E-state index contributed by atoms with van der Waals surface area (Å²) in [5.74, 6) is -0.0261. The third-order valence-electron chi connectivity index (χ3n) is 3.44. The zero-order valence-electron chi connectivity index (χ0n) is 14.2. The highest BCUT2D eigenvalue weighted by Gasteiger charge is 2.30. The van der Waals surface area contributed by atoms with Gasteiger partial charge in [0, 0.05) is 11.5 Å². The number of nitrogens with two attached hydrogens (primary N) is 1. The lowest BCUT2D eigenvalue weighted by Gasteiger charge is -2.11. The Morgan fingerprint density at radius 1 is 1.40 bits per heavy atom. The molecule has 0 bridgehead atoms. The second kappa shape index (κ2) is 7.30. The molecule has 2 aromatic rings. The topological polar surface area (TPSA) is 82.2 Å². The highest BCUT2D eigenvalue weighted by atomic mass is 19.4. The number of amides is 1. The number of carbonyl (C=O) groups is 1. The summed E-state index contributed by atoms with van der Waals surface area (Å²) in [7, 11) is 0. The van der Waals surface area contributed by atoms with Crippen molar-refractivity contribution in [2.24, 2.45) is 5.73 Å². The van der Waals surface area contributed by atoms with E-state index >= 15 is 0 Å². The molecule has 1 heterocycles. The van der Waals surface area contributed by atoms with Gasteiger partial charge in [0.25, 0.3) is 0 Å². The molecular formula is C16H21F3N4O2. The maximum atomic E-state index is 12.8. The SMILES string of the molecule is CC[C@H](N)C(=O)Nc1nn(CC(F)(F)F)c2cc(OC(C)C)ccc12. The fraction of sp³-hybridized carbons (Fsp3) is 0.500. The number of rotatable bonds is 6. The number of halogens is 3. The first-order chi connectivity index (χ1) is 11.6. The van der Waals surface area contributed by atoms with Crippen LogP contribution in [0.25, 0.3) is 10.9 Å². The van der Waals surface area contributed by atoms with Gasteiger partial charge in [-0.2, -0.15) is 18.3 Å². The van der Waals surface area contributed by atoms with E-state index in [1.165, 1.54) is 6.07 Å². The minimum atomic E-state index is -4.45. The molecule has 0 saturated heterocycles. The van der Waals surface area contributed by atoms with Crippen molar-refractivity contribution in [2.75, 3.05) is 5.32 Å². The van der Waals surface area contributed by atoms with E-state index in [1.54, 1.807) is 19.1 Å². The lowest BCUT2D eigenvalue weighted by molar-refractivity contribution is -0.141. The number of nitrogens with one attached hydrogen (secondary N) is 1. The summed E-state index contributed by atoms with van der Waals surface area (Å²) >= 11 is 0. The molecule has 0 fully saturated rings. The number of hydrogen-bond donors (Lipinski definition) is 2. The van der Waals surface area contributed by atoms with Crippen LogP contribution in [0.1, 0.15) is 27.2 Å². The number of ether oxygens (including phenoxy) is 1. The number of nitrogens with zero attached hydrogens (tertiary/aromatic N) is 2. The van der Waals surface area contributed by atoms with Crippen molar-refractivity contribution in [2.45, 2.75) is 52.1 Å². The molecule has 1 amide bonds. The van der Waals surface area contributed by atoms with Crippen LogP contribution in [-0.2, 0) is 11.3 Å². The normalized spacial score (nSPS) is 13.3. The molecule has 1 atom stereocenters. The minimum Gasteiger partial charge on any atom is -0.491 e. The molecular weight excluding hydrogens is 337 g/mol. The lowest BCUT2D eigenvalue weighted by atomic mass is 10.2. The fourth-order valence-electron chi connectivity index (χ4n) is 2.28. The van der Waals surface area contributed by atoms with Crippen LogP contribution in [0.15, 0.2) is 18.2 Å². The van der Waals surface area contributed by atoms with Gasteiger partial charge in [-0.3, -0.25) is 9.48 Å². The molecule has 6 nitrogen and oxygen atoms in total. The van der Waals surface area contributed by atoms with Crippen LogP contribution < -0.4 is 15.8 Å². The Balaban J connectivity index is 2.46. The van der Waals surface area contributed by atoms with Gasteiger partial charge in [-0.05, 0) is 32.4 Å².